The molecule has 2 N–H and O–H groups in total. The summed E-state index contributed by atoms with van der Waals surface area (Å²) in [5, 5.41) is 18.2. The first kappa shape index (κ1) is 26.1. The molecule has 0 bridgehead atoms. The third-order valence-corrected chi connectivity index (χ3v) is 8.05. The van der Waals surface area contributed by atoms with Gasteiger partial charge in [-0.25, -0.2) is 0 Å². The van der Waals surface area contributed by atoms with Crippen molar-refractivity contribution in [3.63, 3.8) is 0 Å². The van der Waals surface area contributed by atoms with E-state index in [1.54, 1.807) is 31.1 Å². The average molecular weight is 543 g/mol. The predicted octanol–water partition coefficient (Wildman–Crippen LogP) is 3.54. The summed E-state index contributed by atoms with van der Waals surface area (Å²) in [6.07, 6.45) is 7.72. The lowest BCUT2D eigenvalue weighted by Gasteiger charge is -2.35. The Kier molecular flexibility index (Phi) is 6.81. The van der Waals surface area contributed by atoms with E-state index in [2.05, 4.69) is 20.2 Å². The average Bonchev–Trinajstić information content (AvgIpc) is 3.46. The second-order valence-corrected chi connectivity index (χ2v) is 10.5. The zero-order valence-electron chi connectivity index (χ0n) is 23.1. The molecule has 0 spiro atoms. The number of pyridine rings is 1. The maximum absolute atomic E-state index is 13.2. The molecule has 208 valence electrons. The number of aryl methyl sites for hydroxylation is 2. The Hall–Kier alpha value is -4.15. The van der Waals surface area contributed by atoms with E-state index in [0.29, 0.717) is 24.7 Å². The number of ketones is 1. The fourth-order valence-corrected chi connectivity index (χ4v) is 6.06. The molecule has 2 aromatic heterocycles. The van der Waals surface area contributed by atoms with Crippen LogP contribution in [-0.2, 0) is 36.8 Å². The topological polar surface area (TPSA) is 105 Å². The van der Waals surface area contributed by atoms with Crippen LogP contribution >= 0.6 is 0 Å². The third kappa shape index (κ3) is 4.43. The van der Waals surface area contributed by atoms with Crippen molar-refractivity contribution < 1.29 is 14.6 Å². The summed E-state index contributed by atoms with van der Waals surface area (Å²) >= 11 is 0. The number of anilines is 3. The highest BCUT2D eigenvalue weighted by Gasteiger charge is 2.38. The number of carbonyl (C=O) groups is 1. The van der Waals surface area contributed by atoms with E-state index < -0.39 is 0 Å². The van der Waals surface area contributed by atoms with Gasteiger partial charge < -0.3 is 29.5 Å². The van der Waals surface area contributed by atoms with Crippen LogP contribution in [0.2, 0.25) is 0 Å². The van der Waals surface area contributed by atoms with Gasteiger partial charge in [0.2, 0.25) is 5.78 Å². The van der Waals surface area contributed by atoms with Gasteiger partial charge in [-0.15, -0.1) is 0 Å². The van der Waals surface area contributed by atoms with Crippen molar-refractivity contribution in [1.82, 2.24) is 19.2 Å². The first-order chi connectivity index (χ1) is 19.4. The molecular weight excluding hydrogens is 508 g/mol. The van der Waals surface area contributed by atoms with Crippen molar-refractivity contribution >= 4 is 23.0 Å². The summed E-state index contributed by atoms with van der Waals surface area (Å²) in [5.74, 6) is 0.681. The number of carbonyl (C=O) groups excluding carboxylic acids is 1. The number of benzene rings is 1. The molecule has 0 saturated heterocycles. The Morgan fingerprint density at radius 1 is 1.10 bits per heavy atom. The van der Waals surface area contributed by atoms with E-state index in [-0.39, 0.29) is 17.9 Å². The number of allylic oxidation sites excluding steroid dienone is 2. The molecule has 0 unspecified atom stereocenters. The molecular formula is C30H34N6O4. The number of fused-ring (bicyclic) bond motifs is 2. The Labute approximate surface area is 232 Å². The van der Waals surface area contributed by atoms with Crippen LogP contribution in [0.1, 0.15) is 36.9 Å². The van der Waals surface area contributed by atoms with Gasteiger partial charge >= 0.3 is 0 Å². The molecule has 3 aliphatic rings. The maximum atomic E-state index is 13.2. The fraction of sp³-hybridized carbons (Fsp3) is 0.367. The smallest absolute Gasteiger partial charge is 0.274 e. The van der Waals surface area contributed by atoms with Crippen LogP contribution in [0, 0.1) is 0 Å². The van der Waals surface area contributed by atoms with Crippen molar-refractivity contribution in [3.05, 3.63) is 81.3 Å². The van der Waals surface area contributed by atoms with Crippen molar-refractivity contribution in [1.29, 1.82) is 0 Å². The van der Waals surface area contributed by atoms with E-state index >= 15 is 0 Å². The summed E-state index contributed by atoms with van der Waals surface area (Å²) < 4.78 is 8.46. The first-order valence-corrected chi connectivity index (χ1v) is 13.6. The lowest BCUT2D eigenvalue weighted by atomic mass is 9.96. The number of ether oxygens (including phenoxy) is 1. The molecule has 2 aliphatic heterocycles. The molecule has 1 aromatic carbocycles. The van der Waals surface area contributed by atoms with Gasteiger partial charge in [-0.3, -0.25) is 14.3 Å². The highest BCUT2D eigenvalue weighted by Crippen LogP contribution is 2.41. The number of Topliss-reactive ketones (excluding diaryl/α,β-unsaturated/α-hetero) is 1. The summed E-state index contributed by atoms with van der Waals surface area (Å²) in [6, 6.07) is 9.50. The number of methoxy groups -OCH3 is 1. The van der Waals surface area contributed by atoms with E-state index in [9.17, 15) is 14.7 Å². The standard InChI is InChI=1S/C30H34N6O4/c1-33-15-19(13-24(30(33)39)31-28-14-20(18-40-3)34(2)32-28)21-8-6-10-25(23(21)17-37)35-11-12-36-26-9-5-4-7-22(26)29(38)27(36)16-35/h6,8,10,13-16,37H,4-5,7,9,11-12,17-18H2,1-3H3,(H,31,32). The van der Waals surface area contributed by atoms with Gasteiger partial charge in [0, 0.05) is 80.8 Å². The minimum absolute atomic E-state index is 0.137. The zero-order valence-corrected chi connectivity index (χ0v) is 23.1. The van der Waals surface area contributed by atoms with Crippen molar-refractivity contribution in [3.8, 4) is 11.1 Å². The molecule has 1 aliphatic carbocycles. The molecule has 10 nitrogen and oxygen atoms in total. The van der Waals surface area contributed by atoms with Gasteiger partial charge in [0.05, 0.1) is 18.9 Å². The largest absolute Gasteiger partial charge is 0.392 e. The quantitative estimate of drug-likeness (QED) is 0.467. The van der Waals surface area contributed by atoms with Crippen molar-refractivity contribution in [2.45, 2.75) is 38.9 Å². The SMILES string of the molecule is COCc1cc(Nc2cc(-c3cccc(N4C=C5C(=O)C6=C(CCCC6)N5CC4)c3CO)cn(C)c2=O)nn1C. The Morgan fingerprint density at radius 2 is 1.93 bits per heavy atom. The Bertz CT molecular complexity index is 1610. The third-order valence-electron chi connectivity index (χ3n) is 8.05. The van der Waals surface area contributed by atoms with Crippen LogP contribution in [0.4, 0.5) is 17.2 Å². The number of aliphatic hydroxyl groups excluding tert-OH is 1. The molecule has 0 saturated carbocycles. The molecule has 40 heavy (non-hydrogen) atoms. The number of hydrogen-bond donors (Lipinski definition) is 2. The minimum atomic E-state index is -0.193. The van der Waals surface area contributed by atoms with Crippen LogP contribution in [0.15, 0.2) is 64.5 Å². The van der Waals surface area contributed by atoms with Gasteiger partial charge in [0.25, 0.3) is 5.56 Å². The van der Waals surface area contributed by atoms with Crippen LogP contribution in [0.25, 0.3) is 11.1 Å². The second-order valence-electron chi connectivity index (χ2n) is 10.5. The highest BCUT2D eigenvalue weighted by atomic mass is 16.5. The molecule has 0 amide bonds. The lowest BCUT2D eigenvalue weighted by molar-refractivity contribution is -0.112. The normalized spacial score (nSPS) is 16.8. The molecule has 3 aromatic rings. The van der Waals surface area contributed by atoms with Crippen molar-refractivity contribution in [2.75, 3.05) is 30.4 Å². The number of aromatic nitrogens is 3. The fourth-order valence-electron chi connectivity index (χ4n) is 6.06. The van der Waals surface area contributed by atoms with Crippen molar-refractivity contribution in [2.24, 2.45) is 14.1 Å². The van der Waals surface area contributed by atoms with Crippen LogP contribution in [0.5, 0.6) is 0 Å². The van der Waals surface area contributed by atoms with Gasteiger partial charge in [0.1, 0.15) is 11.4 Å². The Balaban J connectivity index is 1.35. The summed E-state index contributed by atoms with van der Waals surface area (Å²) in [4.78, 5) is 30.5. The molecule has 6 rings (SSSR count). The van der Waals surface area contributed by atoms with E-state index in [1.165, 1.54) is 10.3 Å². The number of aliphatic hydroxyl groups is 1. The first-order valence-electron chi connectivity index (χ1n) is 13.6. The van der Waals surface area contributed by atoms with Gasteiger partial charge in [0.15, 0.2) is 5.82 Å². The van der Waals surface area contributed by atoms with Crippen LogP contribution in [0.3, 0.4) is 0 Å². The molecule has 0 atom stereocenters. The van der Waals surface area contributed by atoms with Crippen LogP contribution < -0.4 is 15.8 Å². The second kappa shape index (κ2) is 10.4. The summed E-state index contributed by atoms with van der Waals surface area (Å²) in [7, 11) is 5.16. The summed E-state index contributed by atoms with van der Waals surface area (Å²) in [5.41, 5.74) is 7.14. The molecule has 0 fully saturated rings. The van der Waals surface area contributed by atoms with E-state index in [0.717, 1.165) is 71.6 Å². The van der Waals surface area contributed by atoms with Gasteiger partial charge in [-0.1, -0.05) is 12.1 Å². The van der Waals surface area contributed by atoms with Crippen LogP contribution in [-0.4, -0.2) is 50.3 Å². The minimum Gasteiger partial charge on any atom is -0.392 e. The number of hydrogen-bond acceptors (Lipinski definition) is 8. The zero-order chi connectivity index (χ0) is 28.0. The molecule has 10 heteroatoms. The lowest BCUT2D eigenvalue weighted by Crippen LogP contribution is -2.37. The van der Waals surface area contributed by atoms with E-state index in [4.69, 9.17) is 4.74 Å². The molecule has 4 heterocycles. The number of nitrogens with zero attached hydrogens (tertiary/aromatic N) is 5. The number of rotatable bonds is 7. The van der Waals surface area contributed by atoms with Gasteiger partial charge in [-0.05, 0) is 43.4 Å². The summed E-state index contributed by atoms with van der Waals surface area (Å²) in [6.45, 7) is 1.65. The number of nitrogens with one attached hydrogen (secondary N) is 1. The van der Waals surface area contributed by atoms with Gasteiger partial charge in [-0.2, -0.15) is 5.10 Å². The predicted molar refractivity (Wildman–Crippen MR) is 153 cm³/mol. The Morgan fingerprint density at radius 3 is 2.73 bits per heavy atom. The monoisotopic (exact) mass is 542 g/mol. The highest BCUT2D eigenvalue weighted by molar-refractivity contribution is 6.11. The maximum Gasteiger partial charge on any atom is 0.274 e. The molecule has 0 radical (unpaired) electrons. The van der Waals surface area contributed by atoms with E-state index in [1.807, 2.05) is 37.5 Å².